The van der Waals surface area contributed by atoms with E-state index in [0.717, 1.165) is 12.8 Å². The number of hydrogen-bond donors (Lipinski definition) is 2. The molecule has 124 valence electrons. The first kappa shape index (κ1) is 15.9. The minimum absolute atomic E-state index is 0.0534. The van der Waals surface area contributed by atoms with Gasteiger partial charge in [0.1, 0.15) is 11.9 Å². The normalized spacial score (nSPS) is 25.2. The van der Waals surface area contributed by atoms with Gasteiger partial charge in [-0.25, -0.2) is 8.42 Å². The quantitative estimate of drug-likeness (QED) is 0.814. The Balaban J connectivity index is 1.86. The van der Waals surface area contributed by atoms with Crippen molar-refractivity contribution in [3.05, 3.63) is 29.8 Å². The zero-order chi connectivity index (χ0) is 16.6. The number of amidine groups is 1. The van der Waals surface area contributed by atoms with Crippen molar-refractivity contribution in [3.8, 4) is 0 Å². The maximum absolute atomic E-state index is 12.6. The molecule has 1 aromatic rings. The lowest BCUT2D eigenvalue weighted by atomic mass is 10.2. The average molecular weight is 336 g/mol. The molecule has 2 aliphatic rings. The summed E-state index contributed by atoms with van der Waals surface area (Å²) in [5, 5.41) is 0. The van der Waals surface area contributed by atoms with Crippen LogP contribution in [0, 0.1) is 0 Å². The third-order valence-corrected chi connectivity index (χ3v) is 5.67. The van der Waals surface area contributed by atoms with Gasteiger partial charge >= 0.3 is 0 Å². The second kappa shape index (κ2) is 5.93. The Morgan fingerprint density at radius 3 is 2.96 bits per heavy atom. The lowest BCUT2D eigenvalue weighted by molar-refractivity contribution is -0.132. The predicted molar refractivity (Wildman–Crippen MR) is 86.6 cm³/mol. The van der Waals surface area contributed by atoms with E-state index in [1.165, 1.54) is 6.07 Å². The molecular formula is C15H20N4O3S. The van der Waals surface area contributed by atoms with Crippen molar-refractivity contribution in [1.29, 1.82) is 0 Å². The SMILES string of the molecule is CC(N=C1NS(=O)(=O)c2ccccc21)C(=O)N1CCCC1CN. The van der Waals surface area contributed by atoms with Crippen molar-refractivity contribution >= 4 is 21.8 Å². The molecule has 2 heterocycles. The van der Waals surface area contributed by atoms with Crippen molar-refractivity contribution in [2.75, 3.05) is 13.1 Å². The number of likely N-dealkylation sites (tertiary alicyclic amines) is 1. The molecule has 0 saturated carbocycles. The first-order chi connectivity index (χ1) is 10.9. The van der Waals surface area contributed by atoms with Gasteiger partial charge in [-0.3, -0.25) is 14.5 Å². The minimum atomic E-state index is -3.59. The first-order valence-electron chi connectivity index (χ1n) is 7.64. The molecule has 2 unspecified atom stereocenters. The predicted octanol–water partition coefficient (Wildman–Crippen LogP) is 0.0633. The number of benzene rings is 1. The van der Waals surface area contributed by atoms with Gasteiger partial charge in [0.05, 0.1) is 4.90 Å². The number of nitrogens with two attached hydrogens (primary N) is 1. The molecule has 0 aromatic heterocycles. The summed E-state index contributed by atoms with van der Waals surface area (Å²) in [6.45, 7) is 2.79. The molecule has 1 aromatic carbocycles. The Hall–Kier alpha value is -1.93. The molecule has 0 radical (unpaired) electrons. The third-order valence-electron chi connectivity index (χ3n) is 4.28. The molecule has 2 atom stereocenters. The Labute approximate surface area is 135 Å². The van der Waals surface area contributed by atoms with Crippen molar-refractivity contribution in [2.24, 2.45) is 10.7 Å². The highest BCUT2D eigenvalue weighted by molar-refractivity contribution is 7.90. The minimum Gasteiger partial charge on any atom is -0.337 e. The van der Waals surface area contributed by atoms with Gasteiger partial charge in [-0.05, 0) is 31.9 Å². The van der Waals surface area contributed by atoms with Gasteiger partial charge < -0.3 is 10.6 Å². The number of hydrogen-bond acceptors (Lipinski definition) is 5. The summed E-state index contributed by atoms with van der Waals surface area (Å²) < 4.78 is 26.6. The highest BCUT2D eigenvalue weighted by Crippen LogP contribution is 2.23. The van der Waals surface area contributed by atoms with Crippen LogP contribution < -0.4 is 10.5 Å². The molecule has 23 heavy (non-hydrogen) atoms. The summed E-state index contributed by atoms with van der Waals surface area (Å²) >= 11 is 0. The van der Waals surface area contributed by atoms with Crippen LogP contribution in [0.15, 0.2) is 34.2 Å². The van der Waals surface area contributed by atoms with E-state index in [2.05, 4.69) is 9.71 Å². The van der Waals surface area contributed by atoms with E-state index in [4.69, 9.17) is 5.73 Å². The molecule has 1 saturated heterocycles. The number of carbonyl (C=O) groups is 1. The van der Waals surface area contributed by atoms with Crippen LogP contribution >= 0.6 is 0 Å². The lowest BCUT2D eigenvalue weighted by Gasteiger charge is -2.25. The molecule has 0 bridgehead atoms. The van der Waals surface area contributed by atoms with Crippen molar-refractivity contribution in [1.82, 2.24) is 9.62 Å². The molecule has 2 aliphatic heterocycles. The number of fused-ring (bicyclic) bond motifs is 1. The van der Waals surface area contributed by atoms with Gasteiger partial charge in [0, 0.05) is 24.7 Å². The Bertz CT molecular complexity index is 760. The first-order valence-corrected chi connectivity index (χ1v) is 9.13. The fourth-order valence-corrected chi connectivity index (χ4v) is 4.33. The summed E-state index contributed by atoms with van der Waals surface area (Å²) in [6.07, 6.45) is 1.84. The van der Waals surface area contributed by atoms with Crippen molar-refractivity contribution in [3.63, 3.8) is 0 Å². The number of aliphatic imine (C=N–C) groups is 1. The van der Waals surface area contributed by atoms with E-state index >= 15 is 0 Å². The van der Waals surface area contributed by atoms with Crippen LogP contribution in [-0.2, 0) is 14.8 Å². The zero-order valence-electron chi connectivity index (χ0n) is 12.9. The van der Waals surface area contributed by atoms with E-state index in [1.54, 1.807) is 30.0 Å². The van der Waals surface area contributed by atoms with E-state index in [0.29, 0.717) is 18.7 Å². The standard InChI is InChI=1S/C15H20N4O3S/c1-10(15(20)19-8-4-5-11(19)9-16)17-14-12-6-2-3-7-13(12)23(21,22)18-14/h2-3,6-7,10-11H,4-5,8-9,16H2,1H3,(H,17,18). The van der Waals surface area contributed by atoms with Crippen LogP contribution in [-0.4, -0.2) is 50.2 Å². The van der Waals surface area contributed by atoms with Gasteiger partial charge in [-0.1, -0.05) is 12.1 Å². The van der Waals surface area contributed by atoms with Crippen LogP contribution in [0.4, 0.5) is 0 Å². The molecule has 1 fully saturated rings. The van der Waals surface area contributed by atoms with Crippen LogP contribution in [0.5, 0.6) is 0 Å². The van der Waals surface area contributed by atoms with E-state index < -0.39 is 16.1 Å². The summed E-state index contributed by atoms with van der Waals surface area (Å²) in [5.41, 5.74) is 6.21. The topological polar surface area (TPSA) is 105 Å². The highest BCUT2D eigenvalue weighted by atomic mass is 32.2. The molecule has 0 aliphatic carbocycles. The Kier molecular flexibility index (Phi) is 4.11. The van der Waals surface area contributed by atoms with Crippen LogP contribution in [0.25, 0.3) is 0 Å². The summed E-state index contributed by atoms with van der Waals surface area (Å²) in [6, 6.07) is 6.00. The monoisotopic (exact) mass is 336 g/mol. The van der Waals surface area contributed by atoms with Crippen LogP contribution in [0.3, 0.4) is 0 Å². The van der Waals surface area contributed by atoms with Crippen molar-refractivity contribution in [2.45, 2.75) is 36.7 Å². The largest absolute Gasteiger partial charge is 0.337 e. The molecule has 8 heteroatoms. The maximum Gasteiger partial charge on any atom is 0.263 e. The summed E-state index contributed by atoms with van der Waals surface area (Å²) in [5.74, 6) is 0.110. The maximum atomic E-state index is 12.6. The zero-order valence-corrected chi connectivity index (χ0v) is 13.7. The van der Waals surface area contributed by atoms with Gasteiger partial charge in [0.2, 0.25) is 5.91 Å². The number of amides is 1. The van der Waals surface area contributed by atoms with Crippen molar-refractivity contribution < 1.29 is 13.2 Å². The lowest BCUT2D eigenvalue weighted by Crippen LogP contribution is -2.44. The number of sulfonamides is 1. The summed E-state index contributed by atoms with van der Waals surface area (Å²) in [7, 11) is -3.59. The molecule has 3 rings (SSSR count). The fraction of sp³-hybridized carbons (Fsp3) is 0.467. The molecule has 1 amide bonds. The second-order valence-corrected chi connectivity index (χ2v) is 7.47. The number of nitrogens with one attached hydrogen (secondary N) is 1. The van der Waals surface area contributed by atoms with Gasteiger partial charge in [0.15, 0.2) is 0 Å². The average Bonchev–Trinajstić information content (AvgIpc) is 3.10. The number of rotatable bonds is 3. The van der Waals surface area contributed by atoms with Gasteiger partial charge in [-0.15, -0.1) is 0 Å². The van der Waals surface area contributed by atoms with E-state index in [9.17, 15) is 13.2 Å². The number of nitrogens with zero attached hydrogens (tertiary/aromatic N) is 2. The molecule has 0 spiro atoms. The Morgan fingerprint density at radius 2 is 2.22 bits per heavy atom. The van der Waals surface area contributed by atoms with E-state index in [-0.39, 0.29) is 22.7 Å². The second-order valence-electron chi connectivity index (χ2n) is 5.82. The molecule has 3 N–H and O–H groups in total. The Morgan fingerprint density at radius 1 is 1.48 bits per heavy atom. The van der Waals surface area contributed by atoms with Gasteiger partial charge in [-0.2, -0.15) is 0 Å². The number of carbonyl (C=O) groups excluding carboxylic acids is 1. The van der Waals surface area contributed by atoms with Crippen LogP contribution in [0.2, 0.25) is 0 Å². The summed E-state index contributed by atoms with van der Waals surface area (Å²) in [4.78, 5) is 18.8. The van der Waals surface area contributed by atoms with Gasteiger partial charge in [0.25, 0.3) is 10.0 Å². The third kappa shape index (κ3) is 2.84. The molecule has 7 nitrogen and oxygen atoms in total. The molecular weight excluding hydrogens is 316 g/mol. The smallest absolute Gasteiger partial charge is 0.263 e. The van der Waals surface area contributed by atoms with E-state index in [1.807, 2.05) is 0 Å². The highest BCUT2D eigenvalue weighted by Gasteiger charge is 2.33. The van der Waals surface area contributed by atoms with Crippen LogP contribution in [0.1, 0.15) is 25.3 Å². The fourth-order valence-electron chi connectivity index (χ4n) is 3.09.